The van der Waals surface area contributed by atoms with Gasteiger partial charge in [-0.3, -0.25) is 4.79 Å². The number of ether oxygens (including phenoxy) is 2. The Bertz CT molecular complexity index is 560. The van der Waals surface area contributed by atoms with Gasteiger partial charge in [-0.25, -0.2) is 0 Å². The van der Waals surface area contributed by atoms with E-state index >= 15 is 0 Å². The average Bonchev–Trinajstić information content (AvgIpc) is 2.58. The summed E-state index contributed by atoms with van der Waals surface area (Å²) in [5.74, 6) is 1.27. The Kier molecular flexibility index (Phi) is 2.70. The number of aromatic amines is 1. The molecule has 0 saturated carbocycles. The van der Waals surface area contributed by atoms with E-state index in [0.29, 0.717) is 17.0 Å². The van der Waals surface area contributed by atoms with Crippen LogP contribution in [-0.4, -0.2) is 19.2 Å². The van der Waals surface area contributed by atoms with Crippen molar-refractivity contribution in [3.8, 4) is 11.5 Å². The Hall–Kier alpha value is -1.01. The number of halogens is 1. The quantitative estimate of drug-likeness (QED) is 0.923. The second-order valence-corrected chi connectivity index (χ2v) is 4.65. The third kappa shape index (κ3) is 1.63. The van der Waals surface area contributed by atoms with E-state index in [1.807, 2.05) is 0 Å². The molecule has 2 aromatic rings. The lowest BCUT2D eigenvalue weighted by Gasteiger charge is -2.07. The van der Waals surface area contributed by atoms with E-state index in [1.165, 1.54) is 0 Å². The first kappa shape index (κ1) is 10.5. The van der Waals surface area contributed by atoms with Crippen LogP contribution in [0, 0.1) is 0 Å². The second-order valence-electron chi connectivity index (χ2n) is 2.81. The van der Waals surface area contributed by atoms with Crippen molar-refractivity contribution in [2.75, 3.05) is 14.2 Å². The SMILES string of the molecule is COc1cc(Br)c(OC)c2sc(=O)[nH]c12. The third-order valence-corrected chi connectivity index (χ3v) is 3.47. The molecule has 0 unspecified atom stereocenters. The monoisotopic (exact) mass is 289 g/mol. The molecule has 80 valence electrons. The second kappa shape index (κ2) is 3.86. The lowest BCUT2D eigenvalue weighted by atomic mass is 10.3. The summed E-state index contributed by atoms with van der Waals surface area (Å²) < 4.78 is 11.9. The van der Waals surface area contributed by atoms with Gasteiger partial charge >= 0.3 is 4.87 Å². The van der Waals surface area contributed by atoms with Crippen LogP contribution in [0.3, 0.4) is 0 Å². The molecule has 0 fully saturated rings. The van der Waals surface area contributed by atoms with Crippen LogP contribution in [0.15, 0.2) is 15.3 Å². The van der Waals surface area contributed by atoms with Gasteiger partial charge in [0.2, 0.25) is 0 Å². The highest BCUT2D eigenvalue weighted by Gasteiger charge is 2.14. The molecule has 0 aliphatic rings. The first-order valence-corrected chi connectivity index (χ1v) is 5.71. The number of hydrogen-bond donors (Lipinski definition) is 1. The van der Waals surface area contributed by atoms with E-state index in [9.17, 15) is 4.79 Å². The molecule has 0 spiro atoms. The topological polar surface area (TPSA) is 51.3 Å². The number of fused-ring (bicyclic) bond motifs is 1. The smallest absolute Gasteiger partial charge is 0.305 e. The highest BCUT2D eigenvalue weighted by atomic mass is 79.9. The normalized spacial score (nSPS) is 10.6. The Labute approximate surface area is 98.0 Å². The number of aromatic nitrogens is 1. The fourth-order valence-electron chi connectivity index (χ4n) is 1.37. The van der Waals surface area contributed by atoms with Crippen LogP contribution in [0.1, 0.15) is 0 Å². The average molecular weight is 290 g/mol. The molecule has 1 heterocycles. The van der Waals surface area contributed by atoms with E-state index in [4.69, 9.17) is 9.47 Å². The van der Waals surface area contributed by atoms with Crippen LogP contribution in [0.2, 0.25) is 0 Å². The summed E-state index contributed by atoms with van der Waals surface area (Å²) in [5.41, 5.74) is 0.674. The van der Waals surface area contributed by atoms with Gasteiger partial charge in [-0.05, 0) is 15.9 Å². The van der Waals surface area contributed by atoms with Crippen LogP contribution in [0.4, 0.5) is 0 Å². The number of hydrogen-bond acceptors (Lipinski definition) is 4. The minimum Gasteiger partial charge on any atom is -0.494 e. The maximum atomic E-state index is 11.3. The maximum absolute atomic E-state index is 11.3. The Morgan fingerprint density at radius 2 is 2.13 bits per heavy atom. The first-order chi connectivity index (χ1) is 7.17. The zero-order valence-corrected chi connectivity index (χ0v) is 10.5. The van der Waals surface area contributed by atoms with E-state index in [1.54, 1.807) is 20.3 Å². The molecule has 15 heavy (non-hydrogen) atoms. The summed E-state index contributed by atoms with van der Waals surface area (Å²) >= 11 is 4.47. The van der Waals surface area contributed by atoms with E-state index in [0.717, 1.165) is 20.5 Å². The van der Waals surface area contributed by atoms with Crippen molar-refractivity contribution in [2.45, 2.75) is 0 Å². The molecule has 0 aliphatic heterocycles. The van der Waals surface area contributed by atoms with E-state index < -0.39 is 0 Å². The molecular weight excluding hydrogens is 282 g/mol. The third-order valence-electron chi connectivity index (χ3n) is 2.00. The lowest BCUT2D eigenvalue weighted by Crippen LogP contribution is -1.92. The predicted octanol–water partition coefficient (Wildman–Crippen LogP) is 2.37. The molecule has 0 atom stereocenters. The van der Waals surface area contributed by atoms with Gasteiger partial charge in [0, 0.05) is 6.07 Å². The number of methoxy groups -OCH3 is 2. The van der Waals surface area contributed by atoms with Crippen molar-refractivity contribution in [3.63, 3.8) is 0 Å². The molecule has 2 rings (SSSR count). The summed E-state index contributed by atoms with van der Waals surface area (Å²) in [7, 11) is 3.12. The van der Waals surface area contributed by atoms with Crippen molar-refractivity contribution in [3.05, 3.63) is 20.2 Å². The minimum absolute atomic E-state index is 0.125. The van der Waals surface area contributed by atoms with Crippen LogP contribution in [0.5, 0.6) is 11.5 Å². The molecule has 1 aromatic heterocycles. The van der Waals surface area contributed by atoms with Crippen LogP contribution >= 0.6 is 27.3 Å². The van der Waals surface area contributed by atoms with Crippen LogP contribution in [0.25, 0.3) is 10.2 Å². The summed E-state index contributed by atoms with van der Waals surface area (Å²) in [6, 6.07) is 1.77. The highest BCUT2D eigenvalue weighted by Crippen LogP contribution is 2.39. The van der Waals surface area contributed by atoms with E-state index in [2.05, 4.69) is 20.9 Å². The number of H-pyrrole nitrogens is 1. The van der Waals surface area contributed by atoms with Gasteiger partial charge in [0.1, 0.15) is 16.0 Å². The number of benzene rings is 1. The summed E-state index contributed by atoms with van der Waals surface area (Å²) in [6.45, 7) is 0. The van der Waals surface area contributed by atoms with Crippen molar-refractivity contribution < 1.29 is 9.47 Å². The van der Waals surface area contributed by atoms with Gasteiger partial charge in [-0.2, -0.15) is 0 Å². The summed E-state index contributed by atoms with van der Waals surface area (Å²) in [6.07, 6.45) is 0. The Balaban J connectivity index is 2.91. The standard InChI is InChI=1S/C9H8BrNO3S/c1-13-5-3-4(10)7(14-2)8-6(5)11-9(12)15-8/h3H,1-2H3,(H,11,12). The molecule has 4 nitrogen and oxygen atoms in total. The fraction of sp³-hybridized carbons (Fsp3) is 0.222. The van der Waals surface area contributed by atoms with Gasteiger partial charge in [0.05, 0.1) is 18.7 Å². The van der Waals surface area contributed by atoms with Crippen LogP contribution < -0.4 is 14.3 Å². The first-order valence-electron chi connectivity index (χ1n) is 4.10. The summed E-state index contributed by atoms with van der Waals surface area (Å²) in [5, 5.41) is 0. The Morgan fingerprint density at radius 1 is 1.40 bits per heavy atom. The minimum atomic E-state index is -0.125. The molecule has 0 radical (unpaired) electrons. The van der Waals surface area contributed by atoms with E-state index in [-0.39, 0.29) is 4.87 Å². The molecular formula is C9H8BrNO3S. The van der Waals surface area contributed by atoms with Crippen molar-refractivity contribution in [1.29, 1.82) is 0 Å². The van der Waals surface area contributed by atoms with Crippen LogP contribution in [-0.2, 0) is 0 Å². The molecule has 6 heteroatoms. The van der Waals surface area contributed by atoms with Gasteiger partial charge in [-0.1, -0.05) is 11.3 Å². The number of rotatable bonds is 2. The maximum Gasteiger partial charge on any atom is 0.305 e. The fourth-order valence-corrected chi connectivity index (χ4v) is 2.95. The largest absolute Gasteiger partial charge is 0.494 e. The Morgan fingerprint density at radius 3 is 2.73 bits per heavy atom. The van der Waals surface area contributed by atoms with Crippen molar-refractivity contribution >= 4 is 37.5 Å². The van der Waals surface area contributed by atoms with Crippen molar-refractivity contribution in [1.82, 2.24) is 4.98 Å². The lowest BCUT2D eigenvalue weighted by molar-refractivity contribution is 0.408. The van der Waals surface area contributed by atoms with Crippen molar-refractivity contribution in [2.24, 2.45) is 0 Å². The molecule has 0 saturated heterocycles. The molecule has 0 amide bonds. The molecule has 1 aromatic carbocycles. The van der Waals surface area contributed by atoms with Gasteiger partial charge < -0.3 is 14.5 Å². The molecule has 0 aliphatic carbocycles. The number of thiazole rings is 1. The zero-order chi connectivity index (χ0) is 11.0. The molecule has 0 bridgehead atoms. The predicted molar refractivity (Wildman–Crippen MR) is 63.2 cm³/mol. The summed E-state index contributed by atoms with van der Waals surface area (Å²) in [4.78, 5) is 13.9. The van der Waals surface area contributed by atoms with Gasteiger partial charge in [-0.15, -0.1) is 0 Å². The zero-order valence-electron chi connectivity index (χ0n) is 8.09. The van der Waals surface area contributed by atoms with Gasteiger partial charge in [0.25, 0.3) is 0 Å². The number of nitrogens with one attached hydrogen (secondary N) is 1. The van der Waals surface area contributed by atoms with Gasteiger partial charge in [0.15, 0.2) is 5.75 Å². The highest BCUT2D eigenvalue weighted by molar-refractivity contribution is 9.10. The molecule has 1 N–H and O–H groups in total.